The zero-order valence-electron chi connectivity index (χ0n) is 14.6. The monoisotopic (exact) mass is 349 g/mol. The average molecular weight is 349 g/mol. The Kier molecular flexibility index (Phi) is 5.51. The molecule has 3 amide bonds. The summed E-state index contributed by atoms with van der Waals surface area (Å²) in [7, 11) is 0. The summed E-state index contributed by atoms with van der Waals surface area (Å²) >= 11 is 0. The quantitative estimate of drug-likeness (QED) is 0.845. The molecule has 0 aromatic heterocycles. The van der Waals surface area contributed by atoms with Crippen molar-refractivity contribution in [2.24, 2.45) is 5.73 Å². The van der Waals surface area contributed by atoms with Gasteiger partial charge in [-0.25, -0.2) is 4.79 Å². The minimum Gasteiger partial charge on any atom is -0.482 e. The van der Waals surface area contributed by atoms with E-state index in [9.17, 15) is 14.4 Å². The van der Waals surface area contributed by atoms with Gasteiger partial charge in [-0.05, 0) is 45.4 Å². The van der Waals surface area contributed by atoms with Crippen LogP contribution < -0.4 is 20.7 Å². The average Bonchev–Trinajstić information content (AvgIpc) is 2.47. The Morgan fingerprint density at radius 2 is 2.08 bits per heavy atom. The first-order valence-electron chi connectivity index (χ1n) is 8.01. The maximum absolute atomic E-state index is 12.1. The van der Waals surface area contributed by atoms with Crippen LogP contribution in [0.25, 0.3) is 0 Å². The fraction of sp³-hybridized carbons (Fsp3) is 0.471. The highest BCUT2D eigenvalue weighted by atomic mass is 16.6. The summed E-state index contributed by atoms with van der Waals surface area (Å²) in [5, 5.41) is 2.63. The van der Waals surface area contributed by atoms with Crippen LogP contribution in [0.3, 0.4) is 0 Å². The second-order valence-corrected chi connectivity index (χ2v) is 6.71. The highest BCUT2D eigenvalue weighted by Gasteiger charge is 2.26. The number of carbonyl (C=O) groups excluding carboxylic acids is 3. The molecule has 0 atom stereocenters. The molecule has 1 aliphatic heterocycles. The molecule has 8 nitrogen and oxygen atoms in total. The van der Waals surface area contributed by atoms with Gasteiger partial charge in [-0.15, -0.1) is 0 Å². The number of nitrogens with two attached hydrogens (primary N) is 1. The Morgan fingerprint density at radius 3 is 2.72 bits per heavy atom. The fourth-order valence-corrected chi connectivity index (χ4v) is 2.36. The minimum absolute atomic E-state index is 0.0671. The van der Waals surface area contributed by atoms with Gasteiger partial charge in [0.05, 0.1) is 5.69 Å². The molecule has 0 saturated heterocycles. The number of ether oxygens (including phenoxy) is 2. The van der Waals surface area contributed by atoms with Crippen LogP contribution in [0.5, 0.6) is 5.75 Å². The molecule has 8 heteroatoms. The maximum atomic E-state index is 12.1. The Labute approximate surface area is 146 Å². The van der Waals surface area contributed by atoms with E-state index in [4.69, 9.17) is 15.2 Å². The van der Waals surface area contributed by atoms with Crippen LogP contribution in [-0.2, 0) is 14.3 Å². The normalized spacial score (nSPS) is 13.7. The highest BCUT2D eigenvalue weighted by molar-refractivity contribution is 5.99. The molecule has 0 aliphatic carbocycles. The summed E-state index contributed by atoms with van der Waals surface area (Å²) in [5.41, 5.74) is 5.54. The van der Waals surface area contributed by atoms with Crippen LogP contribution >= 0.6 is 0 Å². The van der Waals surface area contributed by atoms with E-state index in [0.717, 1.165) is 0 Å². The zero-order chi connectivity index (χ0) is 18.6. The number of rotatable bonds is 5. The van der Waals surface area contributed by atoms with Gasteiger partial charge in [-0.1, -0.05) is 0 Å². The first-order chi connectivity index (χ1) is 11.7. The van der Waals surface area contributed by atoms with Crippen molar-refractivity contribution in [3.8, 4) is 5.75 Å². The van der Waals surface area contributed by atoms with E-state index in [2.05, 4.69) is 5.32 Å². The zero-order valence-corrected chi connectivity index (χ0v) is 14.6. The molecule has 1 aromatic rings. The molecule has 3 N–H and O–H groups in total. The molecule has 1 aromatic carbocycles. The predicted octanol–water partition coefficient (Wildman–Crippen LogP) is 2.02. The second-order valence-electron chi connectivity index (χ2n) is 6.71. The molecule has 0 unspecified atom stereocenters. The number of nitrogens with one attached hydrogen (secondary N) is 1. The van der Waals surface area contributed by atoms with Gasteiger partial charge in [0.1, 0.15) is 11.4 Å². The smallest absolute Gasteiger partial charge is 0.412 e. The van der Waals surface area contributed by atoms with Crippen LogP contribution in [0.1, 0.15) is 33.6 Å². The standard InChI is InChI=1S/C17H23N3O5/c1-17(2,3)25-16(23)19-11-6-7-13-12(9-11)20(15(22)10-24-13)8-4-5-14(18)21/h6-7,9H,4-5,8,10H2,1-3H3,(H2,18,21)(H,19,23). The Morgan fingerprint density at radius 1 is 1.36 bits per heavy atom. The Balaban J connectivity index is 2.14. The van der Waals surface area contributed by atoms with Gasteiger partial charge < -0.3 is 20.1 Å². The highest BCUT2D eigenvalue weighted by Crippen LogP contribution is 2.34. The van der Waals surface area contributed by atoms with E-state index >= 15 is 0 Å². The molecule has 25 heavy (non-hydrogen) atoms. The van der Waals surface area contributed by atoms with Crippen molar-refractivity contribution in [3.05, 3.63) is 18.2 Å². The second kappa shape index (κ2) is 7.42. The summed E-state index contributed by atoms with van der Waals surface area (Å²) in [6.45, 7) is 5.59. The van der Waals surface area contributed by atoms with Crippen LogP contribution in [0, 0.1) is 0 Å². The number of amides is 3. The SMILES string of the molecule is CC(C)(C)OC(=O)Nc1ccc2c(c1)N(CCCC(N)=O)C(=O)CO2. The molecular weight excluding hydrogens is 326 g/mol. The molecule has 0 bridgehead atoms. The van der Waals surface area contributed by atoms with Gasteiger partial charge in [0.15, 0.2) is 6.61 Å². The first kappa shape index (κ1) is 18.6. The number of benzene rings is 1. The van der Waals surface area contributed by atoms with E-state index in [1.54, 1.807) is 39.0 Å². The number of primary amides is 1. The Hall–Kier alpha value is -2.77. The van der Waals surface area contributed by atoms with Crippen molar-refractivity contribution in [3.63, 3.8) is 0 Å². The van der Waals surface area contributed by atoms with Crippen molar-refractivity contribution in [2.45, 2.75) is 39.2 Å². The maximum Gasteiger partial charge on any atom is 0.412 e. The van der Waals surface area contributed by atoms with E-state index in [1.807, 2.05) is 0 Å². The van der Waals surface area contributed by atoms with E-state index in [1.165, 1.54) is 4.90 Å². The first-order valence-corrected chi connectivity index (χ1v) is 8.01. The summed E-state index contributed by atoms with van der Waals surface area (Å²) in [5.74, 6) is -0.0962. The molecule has 2 rings (SSSR count). The predicted molar refractivity (Wildman–Crippen MR) is 92.6 cm³/mol. The third kappa shape index (κ3) is 5.37. The summed E-state index contributed by atoms with van der Waals surface area (Å²) in [6, 6.07) is 4.98. The fourth-order valence-electron chi connectivity index (χ4n) is 2.36. The van der Waals surface area contributed by atoms with Crippen LogP contribution in [-0.4, -0.2) is 36.7 Å². The molecule has 0 fully saturated rings. The minimum atomic E-state index is -0.613. The van der Waals surface area contributed by atoms with Crippen molar-refractivity contribution in [1.82, 2.24) is 0 Å². The van der Waals surface area contributed by atoms with Crippen molar-refractivity contribution >= 4 is 29.3 Å². The Bertz CT molecular complexity index is 681. The summed E-state index contributed by atoms with van der Waals surface area (Å²) in [6.07, 6.45) is 0.0517. The van der Waals surface area contributed by atoms with Gasteiger partial charge in [-0.3, -0.25) is 14.9 Å². The van der Waals surface area contributed by atoms with E-state index in [0.29, 0.717) is 30.1 Å². The van der Waals surface area contributed by atoms with Gasteiger partial charge in [0, 0.05) is 18.7 Å². The van der Waals surface area contributed by atoms with Crippen molar-refractivity contribution in [2.75, 3.05) is 23.4 Å². The van der Waals surface area contributed by atoms with Gasteiger partial charge in [0.2, 0.25) is 5.91 Å². The number of nitrogens with zero attached hydrogens (tertiary/aromatic N) is 1. The van der Waals surface area contributed by atoms with Gasteiger partial charge in [-0.2, -0.15) is 0 Å². The lowest BCUT2D eigenvalue weighted by Crippen LogP contribution is -2.39. The van der Waals surface area contributed by atoms with Gasteiger partial charge in [0.25, 0.3) is 5.91 Å². The molecule has 0 saturated carbocycles. The van der Waals surface area contributed by atoms with Crippen LogP contribution in [0.2, 0.25) is 0 Å². The third-order valence-corrected chi connectivity index (χ3v) is 3.35. The van der Waals surface area contributed by atoms with E-state index in [-0.39, 0.29) is 18.9 Å². The number of anilines is 2. The topological polar surface area (TPSA) is 111 Å². The lowest BCUT2D eigenvalue weighted by atomic mass is 10.2. The van der Waals surface area contributed by atoms with Crippen molar-refractivity contribution < 1.29 is 23.9 Å². The molecule has 0 spiro atoms. The summed E-state index contributed by atoms with van der Waals surface area (Å²) in [4.78, 5) is 36.4. The van der Waals surface area contributed by atoms with E-state index < -0.39 is 17.6 Å². The molecular formula is C17H23N3O5. The number of hydrogen-bond donors (Lipinski definition) is 2. The number of fused-ring (bicyclic) bond motifs is 1. The number of hydrogen-bond acceptors (Lipinski definition) is 5. The third-order valence-electron chi connectivity index (χ3n) is 3.35. The lowest BCUT2D eigenvalue weighted by Gasteiger charge is -2.30. The molecule has 1 heterocycles. The molecule has 1 aliphatic rings. The molecule has 0 radical (unpaired) electrons. The lowest BCUT2D eigenvalue weighted by molar-refractivity contribution is -0.122. The van der Waals surface area contributed by atoms with Crippen LogP contribution in [0.4, 0.5) is 16.2 Å². The van der Waals surface area contributed by atoms with Crippen LogP contribution in [0.15, 0.2) is 18.2 Å². The number of carbonyl (C=O) groups is 3. The summed E-state index contributed by atoms with van der Waals surface area (Å²) < 4.78 is 10.6. The van der Waals surface area contributed by atoms with Gasteiger partial charge >= 0.3 is 6.09 Å². The van der Waals surface area contributed by atoms with Crippen molar-refractivity contribution in [1.29, 1.82) is 0 Å². The molecule has 136 valence electrons. The largest absolute Gasteiger partial charge is 0.482 e.